The van der Waals surface area contributed by atoms with Crippen molar-refractivity contribution in [1.82, 2.24) is 9.97 Å². The van der Waals surface area contributed by atoms with Gasteiger partial charge in [-0.05, 0) is 26.3 Å². The van der Waals surface area contributed by atoms with Crippen LogP contribution < -0.4 is 0 Å². The van der Waals surface area contributed by atoms with Crippen molar-refractivity contribution in [1.29, 1.82) is 0 Å². The monoisotopic (exact) mass is 282 g/mol. The van der Waals surface area contributed by atoms with Crippen LogP contribution in [0.25, 0.3) is 10.2 Å². The third kappa shape index (κ3) is 2.49. The van der Waals surface area contributed by atoms with Gasteiger partial charge in [0.1, 0.15) is 20.9 Å². The highest BCUT2D eigenvalue weighted by Crippen LogP contribution is 2.37. The smallest absolute Gasteiger partial charge is 0.319 e. The molecule has 2 rings (SSSR count). The second-order valence-corrected chi connectivity index (χ2v) is 7.11. The molecule has 18 heavy (non-hydrogen) atoms. The van der Waals surface area contributed by atoms with Crippen molar-refractivity contribution < 1.29 is 9.90 Å². The zero-order chi connectivity index (χ0) is 13.3. The first-order valence-electron chi connectivity index (χ1n) is 5.60. The Balaban J connectivity index is 2.45. The molecule has 0 spiro atoms. The zero-order valence-electron chi connectivity index (χ0n) is 10.4. The normalized spacial score (nSPS) is 11.9. The summed E-state index contributed by atoms with van der Waals surface area (Å²) >= 11 is 2.90. The number of carbonyl (C=O) groups is 1. The fourth-order valence-corrected chi connectivity index (χ4v) is 3.36. The van der Waals surface area contributed by atoms with Crippen LogP contribution in [0.3, 0.4) is 0 Å². The van der Waals surface area contributed by atoms with Gasteiger partial charge in [0.25, 0.3) is 0 Å². The SMILES string of the molecule is CCc1cc2c(SC(C)(C)C(=O)O)ncnc2s1. The molecule has 0 unspecified atom stereocenters. The molecule has 0 aliphatic heterocycles. The molecule has 2 heterocycles. The molecule has 6 heteroatoms. The molecule has 0 bridgehead atoms. The number of carboxylic acid groups (broad SMARTS) is 1. The summed E-state index contributed by atoms with van der Waals surface area (Å²) in [6.45, 7) is 5.45. The van der Waals surface area contributed by atoms with Gasteiger partial charge in [-0.2, -0.15) is 0 Å². The molecule has 0 radical (unpaired) electrons. The first kappa shape index (κ1) is 13.3. The third-order valence-electron chi connectivity index (χ3n) is 2.56. The molecular formula is C12H14N2O2S2. The number of aromatic nitrogens is 2. The van der Waals surface area contributed by atoms with E-state index in [1.54, 1.807) is 25.2 Å². The van der Waals surface area contributed by atoms with Crippen LogP contribution in [0.15, 0.2) is 17.4 Å². The van der Waals surface area contributed by atoms with Gasteiger partial charge >= 0.3 is 5.97 Å². The quantitative estimate of drug-likeness (QED) is 0.689. The Morgan fingerprint density at radius 1 is 1.50 bits per heavy atom. The van der Waals surface area contributed by atoms with Gasteiger partial charge < -0.3 is 5.11 Å². The lowest BCUT2D eigenvalue weighted by atomic mass is 10.2. The maximum atomic E-state index is 11.2. The molecule has 4 nitrogen and oxygen atoms in total. The van der Waals surface area contributed by atoms with Crippen molar-refractivity contribution in [3.05, 3.63) is 17.3 Å². The molecule has 0 atom stereocenters. The Kier molecular flexibility index (Phi) is 3.59. The second-order valence-electron chi connectivity index (χ2n) is 4.38. The first-order valence-corrected chi connectivity index (χ1v) is 7.23. The number of hydrogen-bond donors (Lipinski definition) is 1. The van der Waals surface area contributed by atoms with Gasteiger partial charge in [0, 0.05) is 10.3 Å². The first-order chi connectivity index (χ1) is 8.44. The molecule has 0 fully saturated rings. The molecule has 1 N–H and O–H groups in total. The molecule has 0 amide bonds. The average Bonchev–Trinajstić information content (AvgIpc) is 2.72. The van der Waals surface area contributed by atoms with Gasteiger partial charge in [-0.1, -0.05) is 18.7 Å². The van der Waals surface area contributed by atoms with Crippen LogP contribution in [0.4, 0.5) is 0 Å². The van der Waals surface area contributed by atoms with Crippen LogP contribution in [0.1, 0.15) is 25.6 Å². The van der Waals surface area contributed by atoms with E-state index in [2.05, 4.69) is 23.0 Å². The Hall–Kier alpha value is -1.14. The zero-order valence-corrected chi connectivity index (χ0v) is 12.1. The molecule has 0 aliphatic carbocycles. The second kappa shape index (κ2) is 4.85. The summed E-state index contributed by atoms with van der Waals surface area (Å²) in [5.41, 5.74) is 0. The minimum Gasteiger partial charge on any atom is -0.480 e. The fourth-order valence-electron chi connectivity index (χ4n) is 1.42. The summed E-state index contributed by atoms with van der Waals surface area (Å²) in [6, 6.07) is 2.06. The average molecular weight is 282 g/mol. The van der Waals surface area contributed by atoms with Gasteiger partial charge in [-0.25, -0.2) is 9.97 Å². The highest BCUT2D eigenvalue weighted by Gasteiger charge is 2.30. The maximum absolute atomic E-state index is 11.2. The Bertz CT molecular complexity index is 593. The van der Waals surface area contributed by atoms with Gasteiger partial charge in [-0.15, -0.1) is 11.3 Å². The molecule has 2 aromatic heterocycles. The minimum atomic E-state index is -0.893. The fraction of sp³-hybridized carbons (Fsp3) is 0.417. The van der Waals surface area contributed by atoms with Gasteiger partial charge in [-0.3, -0.25) is 4.79 Å². The van der Waals surface area contributed by atoms with E-state index in [0.717, 1.165) is 21.7 Å². The van der Waals surface area contributed by atoms with E-state index >= 15 is 0 Å². The van der Waals surface area contributed by atoms with E-state index in [-0.39, 0.29) is 0 Å². The minimum absolute atomic E-state index is 0.739. The summed E-state index contributed by atoms with van der Waals surface area (Å²) in [6.07, 6.45) is 2.45. The lowest BCUT2D eigenvalue weighted by Gasteiger charge is -2.17. The van der Waals surface area contributed by atoms with Crippen molar-refractivity contribution in [2.45, 2.75) is 37.0 Å². The van der Waals surface area contributed by atoms with E-state index in [9.17, 15) is 4.79 Å². The van der Waals surface area contributed by atoms with E-state index < -0.39 is 10.7 Å². The number of aliphatic carboxylic acids is 1. The van der Waals surface area contributed by atoms with E-state index in [4.69, 9.17) is 5.11 Å². The molecule has 0 saturated carbocycles. The summed E-state index contributed by atoms with van der Waals surface area (Å²) in [5, 5.41) is 10.9. The van der Waals surface area contributed by atoms with Crippen LogP contribution in [-0.4, -0.2) is 25.8 Å². The van der Waals surface area contributed by atoms with Crippen LogP contribution in [-0.2, 0) is 11.2 Å². The summed E-state index contributed by atoms with van der Waals surface area (Å²) in [4.78, 5) is 21.8. The number of fused-ring (bicyclic) bond motifs is 1. The molecule has 0 saturated heterocycles. The van der Waals surface area contributed by atoms with E-state index in [0.29, 0.717) is 0 Å². The number of rotatable bonds is 4. The molecular weight excluding hydrogens is 268 g/mol. The lowest BCUT2D eigenvalue weighted by molar-refractivity contribution is -0.138. The van der Waals surface area contributed by atoms with Crippen molar-refractivity contribution in [2.75, 3.05) is 0 Å². The number of thioether (sulfide) groups is 1. The molecule has 0 aliphatic rings. The van der Waals surface area contributed by atoms with E-state index in [1.165, 1.54) is 23.0 Å². The topological polar surface area (TPSA) is 63.1 Å². The third-order valence-corrected chi connectivity index (χ3v) is 4.95. The lowest BCUT2D eigenvalue weighted by Crippen LogP contribution is -2.27. The molecule has 96 valence electrons. The Morgan fingerprint density at radius 3 is 2.83 bits per heavy atom. The van der Waals surface area contributed by atoms with Crippen LogP contribution in [0, 0.1) is 0 Å². The van der Waals surface area contributed by atoms with E-state index in [1.807, 2.05) is 0 Å². The van der Waals surface area contributed by atoms with Crippen molar-refractivity contribution in [2.24, 2.45) is 0 Å². The van der Waals surface area contributed by atoms with Crippen molar-refractivity contribution >= 4 is 39.3 Å². The van der Waals surface area contributed by atoms with Crippen LogP contribution >= 0.6 is 23.1 Å². The Morgan fingerprint density at radius 2 is 2.22 bits per heavy atom. The number of hydrogen-bond acceptors (Lipinski definition) is 5. The Labute approximate surface area is 113 Å². The van der Waals surface area contributed by atoms with Crippen molar-refractivity contribution in [3.63, 3.8) is 0 Å². The number of nitrogens with zero attached hydrogens (tertiary/aromatic N) is 2. The van der Waals surface area contributed by atoms with Crippen LogP contribution in [0.2, 0.25) is 0 Å². The van der Waals surface area contributed by atoms with Gasteiger partial charge in [0.15, 0.2) is 0 Å². The number of thiophene rings is 1. The summed E-state index contributed by atoms with van der Waals surface area (Å²) in [7, 11) is 0. The van der Waals surface area contributed by atoms with Crippen LogP contribution in [0.5, 0.6) is 0 Å². The predicted octanol–water partition coefficient (Wildman–Crippen LogP) is 3.21. The standard InChI is InChI=1S/C12H14N2O2S2/c1-4-7-5-8-9(17-7)13-6-14-10(8)18-12(2,3)11(15)16/h5-6H,4H2,1-3H3,(H,15,16). The molecule has 0 aromatic carbocycles. The summed E-state index contributed by atoms with van der Waals surface area (Å²) in [5.74, 6) is -0.842. The highest BCUT2D eigenvalue weighted by atomic mass is 32.2. The maximum Gasteiger partial charge on any atom is 0.319 e. The summed E-state index contributed by atoms with van der Waals surface area (Å²) < 4.78 is -0.893. The highest BCUT2D eigenvalue weighted by molar-refractivity contribution is 8.01. The predicted molar refractivity (Wildman–Crippen MR) is 74.4 cm³/mol. The number of carboxylic acids is 1. The molecule has 2 aromatic rings. The largest absolute Gasteiger partial charge is 0.480 e. The van der Waals surface area contributed by atoms with Gasteiger partial charge in [0.05, 0.1) is 0 Å². The van der Waals surface area contributed by atoms with Gasteiger partial charge in [0.2, 0.25) is 0 Å². The number of aryl methyl sites for hydroxylation is 1. The van der Waals surface area contributed by atoms with Crippen molar-refractivity contribution in [3.8, 4) is 0 Å².